The van der Waals surface area contributed by atoms with Gasteiger partial charge in [-0.3, -0.25) is 14.5 Å². The molecule has 2 fully saturated rings. The summed E-state index contributed by atoms with van der Waals surface area (Å²) in [6, 6.07) is 12.0. The number of thioether (sulfide) groups is 1. The van der Waals surface area contributed by atoms with Crippen molar-refractivity contribution in [1.29, 1.82) is 0 Å². The van der Waals surface area contributed by atoms with E-state index in [1.807, 2.05) is 34.1 Å². The van der Waals surface area contributed by atoms with Gasteiger partial charge in [-0.2, -0.15) is 0 Å². The molecule has 2 aliphatic rings. The first-order chi connectivity index (χ1) is 14.7. The molecule has 0 spiro atoms. The molecule has 5 nitrogen and oxygen atoms in total. The Hall–Kier alpha value is -1.83. The average Bonchev–Trinajstić information content (AvgIpc) is 3.44. The highest BCUT2D eigenvalue weighted by atomic mass is 32.2. The van der Waals surface area contributed by atoms with Crippen molar-refractivity contribution in [2.75, 3.05) is 45.0 Å². The highest BCUT2D eigenvalue weighted by Gasteiger charge is 2.23. The number of carbonyl (C=O) groups excluding carboxylic acids is 2. The lowest BCUT2D eigenvalue weighted by molar-refractivity contribution is -0.127. The SMILES string of the molecule is O=C(CSc1ccccc1C(=O)N1CCCN(Cc2cccs2)CC1)N1CCCC1. The maximum Gasteiger partial charge on any atom is 0.255 e. The Kier molecular flexibility index (Phi) is 7.47. The molecule has 1 aromatic heterocycles. The zero-order valence-electron chi connectivity index (χ0n) is 17.3. The van der Waals surface area contributed by atoms with Gasteiger partial charge in [0.1, 0.15) is 0 Å². The second-order valence-corrected chi connectivity index (χ2v) is 9.92. The van der Waals surface area contributed by atoms with Crippen molar-refractivity contribution in [3.8, 4) is 0 Å². The Bertz CT molecular complexity index is 850. The van der Waals surface area contributed by atoms with E-state index in [9.17, 15) is 9.59 Å². The van der Waals surface area contributed by atoms with Crippen LogP contribution in [0.3, 0.4) is 0 Å². The van der Waals surface area contributed by atoms with Crippen molar-refractivity contribution in [3.05, 3.63) is 52.2 Å². The Morgan fingerprint density at radius 3 is 2.47 bits per heavy atom. The van der Waals surface area contributed by atoms with Crippen LogP contribution in [-0.2, 0) is 11.3 Å². The fourth-order valence-electron chi connectivity index (χ4n) is 4.09. The number of thiophene rings is 1. The number of amides is 2. The van der Waals surface area contributed by atoms with Crippen molar-refractivity contribution in [1.82, 2.24) is 14.7 Å². The van der Waals surface area contributed by atoms with E-state index in [-0.39, 0.29) is 11.8 Å². The van der Waals surface area contributed by atoms with Gasteiger partial charge in [0, 0.05) is 55.6 Å². The van der Waals surface area contributed by atoms with E-state index >= 15 is 0 Å². The summed E-state index contributed by atoms with van der Waals surface area (Å²) in [6.07, 6.45) is 3.19. The first-order valence-electron chi connectivity index (χ1n) is 10.7. The summed E-state index contributed by atoms with van der Waals surface area (Å²) >= 11 is 3.29. The number of likely N-dealkylation sites (tertiary alicyclic amines) is 1. The van der Waals surface area contributed by atoms with Crippen LogP contribution in [0.1, 0.15) is 34.5 Å². The van der Waals surface area contributed by atoms with Gasteiger partial charge in [-0.1, -0.05) is 18.2 Å². The highest BCUT2D eigenvalue weighted by molar-refractivity contribution is 8.00. The van der Waals surface area contributed by atoms with Crippen LogP contribution >= 0.6 is 23.1 Å². The second kappa shape index (κ2) is 10.5. The molecule has 0 aliphatic carbocycles. The first-order valence-corrected chi connectivity index (χ1v) is 12.6. The lowest BCUT2D eigenvalue weighted by atomic mass is 10.2. The topological polar surface area (TPSA) is 43.9 Å². The van der Waals surface area contributed by atoms with E-state index in [4.69, 9.17) is 0 Å². The van der Waals surface area contributed by atoms with Crippen LogP contribution in [0, 0.1) is 0 Å². The summed E-state index contributed by atoms with van der Waals surface area (Å²) in [5.74, 6) is 0.669. The minimum atomic E-state index is 0.0877. The molecule has 0 saturated carbocycles. The predicted molar refractivity (Wildman–Crippen MR) is 123 cm³/mol. The molecule has 2 aromatic rings. The molecule has 2 aliphatic heterocycles. The normalized spacial score (nSPS) is 17.9. The smallest absolute Gasteiger partial charge is 0.255 e. The van der Waals surface area contributed by atoms with Gasteiger partial charge in [0.15, 0.2) is 0 Å². The molecule has 4 rings (SSSR count). The van der Waals surface area contributed by atoms with Crippen LogP contribution in [0.5, 0.6) is 0 Å². The van der Waals surface area contributed by atoms with E-state index in [0.717, 1.165) is 75.5 Å². The molecule has 2 saturated heterocycles. The van der Waals surface area contributed by atoms with Gasteiger partial charge in [-0.15, -0.1) is 23.1 Å². The van der Waals surface area contributed by atoms with Crippen molar-refractivity contribution in [3.63, 3.8) is 0 Å². The van der Waals surface area contributed by atoms with Gasteiger partial charge in [-0.05, 0) is 42.8 Å². The fourth-order valence-corrected chi connectivity index (χ4v) is 5.79. The van der Waals surface area contributed by atoms with Gasteiger partial charge >= 0.3 is 0 Å². The van der Waals surface area contributed by atoms with Crippen LogP contribution in [0.2, 0.25) is 0 Å². The molecule has 0 atom stereocenters. The number of benzene rings is 1. The van der Waals surface area contributed by atoms with Gasteiger partial charge in [0.05, 0.1) is 11.3 Å². The molecule has 7 heteroatoms. The third-order valence-electron chi connectivity index (χ3n) is 5.76. The van der Waals surface area contributed by atoms with Crippen LogP contribution < -0.4 is 0 Å². The summed E-state index contributed by atoms with van der Waals surface area (Å²) < 4.78 is 0. The van der Waals surface area contributed by atoms with Crippen molar-refractivity contribution in [2.24, 2.45) is 0 Å². The lowest BCUT2D eigenvalue weighted by Crippen LogP contribution is -2.35. The maximum absolute atomic E-state index is 13.3. The van der Waals surface area contributed by atoms with Crippen LogP contribution in [0.25, 0.3) is 0 Å². The Labute approximate surface area is 187 Å². The molecule has 0 unspecified atom stereocenters. The van der Waals surface area contributed by atoms with E-state index in [2.05, 4.69) is 22.4 Å². The Morgan fingerprint density at radius 2 is 1.67 bits per heavy atom. The molecule has 0 N–H and O–H groups in total. The molecule has 0 radical (unpaired) electrons. The third-order valence-corrected chi connectivity index (χ3v) is 7.68. The molecule has 1 aromatic carbocycles. The zero-order valence-corrected chi connectivity index (χ0v) is 18.9. The summed E-state index contributed by atoms with van der Waals surface area (Å²) in [5.41, 5.74) is 0.725. The van der Waals surface area contributed by atoms with E-state index in [0.29, 0.717) is 5.75 Å². The molecule has 30 heavy (non-hydrogen) atoms. The molecular formula is C23H29N3O2S2. The first kappa shape index (κ1) is 21.4. The Morgan fingerprint density at radius 1 is 0.867 bits per heavy atom. The average molecular weight is 444 g/mol. The lowest BCUT2D eigenvalue weighted by Gasteiger charge is -2.23. The standard InChI is InChI=1S/C23H29N3O2S2/c27-22(25-11-3-4-12-25)18-30-21-9-2-1-8-20(21)23(28)26-13-6-10-24(14-15-26)17-19-7-5-16-29-19/h1-2,5,7-9,16H,3-4,6,10-15,17-18H2. The molecular weight excluding hydrogens is 414 g/mol. The van der Waals surface area contributed by atoms with Crippen LogP contribution in [0.4, 0.5) is 0 Å². The molecule has 0 bridgehead atoms. The summed E-state index contributed by atoms with van der Waals surface area (Å²) in [6.45, 7) is 6.15. The highest BCUT2D eigenvalue weighted by Crippen LogP contribution is 2.25. The largest absolute Gasteiger partial charge is 0.342 e. The van der Waals surface area contributed by atoms with Gasteiger partial charge in [0.25, 0.3) is 5.91 Å². The van der Waals surface area contributed by atoms with E-state index in [1.54, 1.807) is 11.3 Å². The zero-order chi connectivity index (χ0) is 20.8. The number of nitrogens with zero attached hydrogens (tertiary/aromatic N) is 3. The molecule has 3 heterocycles. The minimum absolute atomic E-state index is 0.0877. The minimum Gasteiger partial charge on any atom is -0.342 e. The van der Waals surface area contributed by atoms with Gasteiger partial charge in [-0.25, -0.2) is 0 Å². The van der Waals surface area contributed by atoms with Crippen molar-refractivity contribution in [2.45, 2.75) is 30.7 Å². The second-order valence-electron chi connectivity index (χ2n) is 7.87. The van der Waals surface area contributed by atoms with Crippen molar-refractivity contribution >= 4 is 34.9 Å². The van der Waals surface area contributed by atoms with Crippen molar-refractivity contribution < 1.29 is 9.59 Å². The van der Waals surface area contributed by atoms with E-state index in [1.165, 1.54) is 16.6 Å². The monoisotopic (exact) mass is 443 g/mol. The Balaban J connectivity index is 1.36. The summed E-state index contributed by atoms with van der Waals surface area (Å²) in [4.78, 5) is 34.4. The number of hydrogen-bond donors (Lipinski definition) is 0. The maximum atomic E-state index is 13.3. The quantitative estimate of drug-likeness (QED) is 0.637. The van der Waals surface area contributed by atoms with E-state index < -0.39 is 0 Å². The van der Waals surface area contributed by atoms with Gasteiger partial charge in [0.2, 0.25) is 5.91 Å². The predicted octanol–water partition coefficient (Wildman–Crippen LogP) is 3.81. The third kappa shape index (κ3) is 5.45. The molecule has 160 valence electrons. The molecule has 2 amide bonds. The fraction of sp³-hybridized carbons (Fsp3) is 0.478. The van der Waals surface area contributed by atoms with Crippen LogP contribution in [0.15, 0.2) is 46.7 Å². The summed E-state index contributed by atoms with van der Waals surface area (Å²) in [7, 11) is 0. The van der Waals surface area contributed by atoms with Gasteiger partial charge < -0.3 is 9.80 Å². The van der Waals surface area contributed by atoms with Crippen LogP contribution in [-0.4, -0.2) is 71.5 Å². The number of rotatable bonds is 6. The number of carbonyl (C=O) groups is 2. The summed E-state index contributed by atoms with van der Waals surface area (Å²) in [5, 5.41) is 2.12. The number of hydrogen-bond acceptors (Lipinski definition) is 5.